The molecule has 3 heterocycles. The maximum Gasteiger partial charge on any atom is 0.260 e. The summed E-state index contributed by atoms with van der Waals surface area (Å²) in [5.41, 5.74) is 5.73. The number of hydrogen-bond acceptors (Lipinski definition) is 8. The van der Waals surface area contributed by atoms with Crippen LogP contribution in [0.25, 0.3) is 0 Å². The maximum atomic E-state index is 13.7. The van der Waals surface area contributed by atoms with E-state index in [2.05, 4.69) is 36.3 Å². The van der Waals surface area contributed by atoms with Crippen molar-refractivity contribution in [3.63, 3.8) is 0 Å². The highest BCUT2D eigenvalue weighted by Crippen LogP contribution is 2.41. The Kier molecular flexibility index (Phi) is 11.1. The molecule has 3 aromatic carbocycles. The number of amides is 2. The maximum absolute atomic E-state index is 13.7. The van der Waals surface area contributed by atoms with Gasteiger partial charge in [0, 0.05) is 43.0 Å². The van der Waals surface area contributed by atoms with E-state index in [0.717, 1.165) is 23.4 Å². The normalized spacial score (nSPS) is 16.7. The Morgan fingerprint density at radius 1 is 1.02 bits per heavy atom. The van der Waals surface area contributed by atoms with Crippen LogP contribution in [0.2, 0.25) is 0 Å². The van der Waals surface area contributed by atoms with E-state index < -0.39 is 0 Å². The van der Waals surface area contributed by atoms with Gasteiger partial charge in [0.05, 0.1) is 56.0 Å². The molecule has 3 aliphatic heterocycles. The molecule has 3 aromatic rings. The molecule has 1 N–H and O–H groups in total. The third kappa shape index (κ3) is 6.90. The molecule has 49 heavy (non-hydrogen) atoms. The van der Waals surface area contributed by atoms with Gasteiger partial charge in [-0.05, 0) is 55.0 Å². The van der Waals surface area contributed by atoms with Crippen molar-refractivity contribution in [2.45, 2.75) is 39.2 Å². The number of aliphatic imine (C=N–C) groups is 1. The molecular weight excluding hydrogens is 620 g/mol. The molecule has 10 heteroatoms. The second kappa shape index (κ2) is 15.6. The number of rotatable bonds is 11. The molecule has 0 saturated carbocycles. The van der Waals surface area contributed by atoms with Crippen LogP contribution in [0.5, 0.6) is 23.0 Å². The molecule has 0 bridgehead atoms. The summed E-state index contributed by atoms with van der Waals surface area (Å²) in [6.45, 7) is 17.3. The van der Waals surface area contributed by atoms with Gasteiger partial charge in [-0.1, -0.05) is 51.3 Å². The molecule has 3 aliphatic rings. The summed E-state index contributed by atoms with van der Waals surface area (Å²) in [5, 5.41) is 3.45. The highest BCUT2D eigenvalue weighted by molar-refractivity contribution is 6.12. The van der Waals surface area contributed by atoms with Gasteiger partial charge in [0.25, 0.3) is 11.8 Å². The third-order valence-corrected chi connectivity index (χ3v) is 8.65. The minimum atomic E-state index is -0.228. The molecule has 256 valence electrons. The van der Waals surface area contributed by atoms with Gasteiger partial charge in [0.2, 0.25) is 0 Å². The molecule has 6 rings (SSSR count). The third-order valence-electron chi connectivity index (χ3n) is 8.65. The zero-order valence-electron chi connectivity index (χ0n) is 28.7. The van der Waals surface area contributed by atoms with Crippen molar-refractivity contribution in [1.82, 2.24) is 4.90 Å². The standard InChI is InChI=1S/C37H38N4O6.C2H6/c1-6-10-30-23(2)13-14-40(30)36(42)26-18-32(44-4)34(20-28(26)38-3)46-15-9-16-47-35-21-29-27(19-33(35)45-5)37(43)41-25(22-39-29)17-24-11-7-8-12-31(24)41;1-2/h6-8,10-12,18-21,25,39H,1-3,9,13-17,22H2,4-5H3;1-2H3/b30-10+;. The Hall–Kier alpha value is -5.51. The Balaban J connectivity index is 0.00000230. The lowest BCUT2D eigenvalue weighted by molar-refractivity contribution is 0.0826. The number of hydrogen-bond donors (Lipinski definition) is 1. The van der Waals surface area contributed by atoms with Crippen molar-refractivity contribution in [2.75, 3.05) is 50.7 Å². The van der Waals surface area contributed by atoms with Crippen molar-refractivity contribution in [1.29, 1.82) is 0 Å². The molecule has 0 aromatic heterocycles. The minimum absolute atomic E-state index is 0.0348. The number of allylic oxidation sites excluding steroid dienone is 3. The Morgan fingerprint density at radius 3 is 2.41 bits per heavy atom. The highest BCUT2D eigenvalue weighted by Gasteiger charge is 2.37. The molecule has 2 amide bonds. The summed E-state index contributed by atoms with van der Waals surface area (Å²) in [4.78, 5) is 34.9. The number of methoxy groups -OCH3 is 2. The summed E-state index contributed by atoms with van der Waals surface area (Å²) in [6, 6.07) is 14.9. The summed E-state index contributed by atoms with van der Waals surface area (Å²) < 4.78 is 23.4. The number of nitrogens with zero attached hydrogens (tertiary/aromatic N) is 3. The van der Waals surface area contributed by atoms with Crippen LogP contribution in [0.15, 0.2) is 90.1 Å². The van der Waals surface area contributed by atoms with Crippen LogP contribution in [0, 0.1) is 0 Å². The molecule has 0 spiro atoms. The number of nitrogens with one attached hydrogen (secondary N) is 1. The Bertz CT molecular complexity index is 1800. The highest BCUT2D eigenvalue weighted by atomic mass is 16.5. The number of carbonyl (C=O) groups excluding carboxylic acids is 2. The SMILES string of the molecule is C=C/C=C1\C(=C)CCN1C(=O)c1cc(OC)c(OCCCOc2cc3c(cc2OC)C(=O)N2c4ccccc4CC2CN3)cc1N=C.CC. The first-order chi connectivity index (χ1) is 23.9. The fourth-order valence-corrected chi connectivity index (χ4v) is 6.32. The fourth-order valence-electron chi connectivity index (χ4n) is 6.32. The molecule has 0 radical (unpaired) electrons. The predicted octanol–water partition coefficient (Wildman–Crippen LogP) is 7.38. The number of anilines is 2. The second-order valence-corrected chi connectivity index (χ2v) is 11.4. The van der Waals surface area contributed by atoms with Crippen LogP contribution in [0.4, 0.5) is 17.1 Å². The van der Waals surface area contributed by atoms with Crippen molar-refractivity contribution < 1.29 is 28.5 Å². The first kappa shape index (κ1) is 34.8. The van der Waals surface area contributed by atoms with Crippen molar-refractivity contribution in [3.8, 4) is 23.0 Å². The van der Waals surface area contributed by atoms with E-state index >= 15 is 0 Å². The van der Waals surface area contributed by atoms with E-state index in [1.54, 1.807) is 42.4 Å². The zero-order valence-corrected chi connectivity index (χ0v) is 28.7. The van der Waals surface area contributed by atoms with Gasteiger partial charge in [-0.15, -0.1) is 0 Å². The van der Waals surface area contributed by atoms with Gasteiger partial charge in [0.1, 0.15) is 0 Å². The van der Waals surface area contributed by atoms with Gasteiger partial charge in [-0.3, -0.25) is 14.6 Å². The van der Waals surface area contributed by atoms with Crippen LogP contribution < -0.4 is 29.2 Å². The Morgan fingerprint density at radius 2 is 1.71 bits per heavy atom. The Labute approximate surface area is 288 Å². The molecule has 1 saturated heterocycles. The quantitative estimate of drug-likeness (QED) is 0.169. The van der Waals surface area contributed by atoms with Crippen molar-refractivity contribution in [2.24, 2.45) is 4.99 Å². The zero-order chi connectivity index (χ0) is 35.1. The van der Waals surface area contributed by atoms with Gasteiger partial charge in [-0.25, -0.2) is 0 Å². The van der Waals surface area contributed by atoms with E-state index in [1.807, 2.05) is 43.0 Å². The van der Waals surface area contributed by atoms with Gasteiger partial charge < -0.3 is 34.1 Å². The van der Waals surface area contributed by atoms with Crippen LogP contribution >= 0.6 is 0 Å². The lowest BCUT2D eigenvalue weighted by Crippen LogP contribution is -2.39. The summed E-state index contributed by atoms with van der Waals surface area (Å²) >= 11 is 0. The number of fused-ring (bicyclic) bond motifs is 4. The van der Waals surface area contributed by atoms with Crippen LogP contribution in [0.3, 0.4) is 0 Å². The van der Waals surface area contributed by atoms with E-state index in [1.165, 1.54) is 12.7 Å². The second-order valence-electron chi connectivity index (χ2n) is 11.4. The number of likely N-dealkylation sites (tertiary alicyclic amines) is 1. The molecule has 1 atom stereocenters. The van der Waals surface area contributed by atoms with E-state index in [4.69, 9.17) is 18.9 Å². The minimum Gasteiger partial charge on any atom is -0.493 e. The summed E-state index contributed by atoms with van der Waals surface area (Å²) in [7, 11) is 3.08. The first-order valence-corrected chi connectivity index (χ1v) is 16.5. The summed E-state index contributed by atoms with van der Waals surface area (Å²) in [6.07, 6.45) is 5.45. The van der Waals surface area contributed by atoms with Crippen LogP contribution in [-0.2, 0) is 6.42 Å². The number of ether oxygens (including phenoxy) is 4. The molecule has 1 fully saturated rings. The van der Waals surface area contributed by atoms with Gasteiger partial charge in [-0.2, -0.15) is 0 Å². The average molecular weight is 665 g/mol. The molecule has 10 nitrogen and oxygen atoms in total. The lowest BCUT2D eigenvalue weighted by atomic mass is 10.1. The van der Waals surface area contributed by atoms with Gasteiger partial charge >= 0.3 is 0 Å². The van der Waals surface area contributed by atoms with E-state index in [-0.39, 0.29) is 17.9 Å². The molecule has 1 unspecified atom stereocenters. The van der Waals surface area contributed by atoms with Crippen molar-refractivity contribution >= 4 is 35.6 Å². The fraction of sp³-hybridized carbons (Fsp3) is 0.308. The smallest absolute Gasteiger partial charge is 0.260 e. The monoisotopic (exact) mass is 664 g/mol. The molecule has 0 aliphatic carbocycles. The summed E-state index contributed by atoms with van der Waals surface area (Å²) in [5.74, 6) is 1.55. The van der Waals surface area contributed by atoms with Gasteiger partial charge in [0.15, 0.2) is 23.0 Å². The topological polar surface area (TPSA) is 102 Å². The predicted molar refractivity (Wildman–Crippen MR) is 194 cm³/mol. The largest absolute Gasteiger partial charge is 0.493 e. The lowest BCUT2D eigenvalue weighted by Gasteiger charge is -2.22. The average Bonchev–Trinajstić information content (AvgIpc) is 3.66. The van der Waals surface area contributed by atoms with E-state index in [0.29, 0.717) is 84.6 Å². The van der Waals surface area contributed by atoms with Crippen LogP contribution in [-0.4, -0.2) is 70.0 Å². The molecular formula is C39H44N4O6. The van der Waals surface area contributed by atoms with Crippen LogP contribution in [0.1, 0.15) is 53.0 Å². The number of benzene rings is 3. The van der Waals surface area contributed by atoms with Crippen molar-refractivity contribution in [3.05, 3.63) is 102 Å². The first-order valence-electron chi connectivity index (χ1n) is 16.5. The van der Waals surface area contributed by atoms with E-state index in [9.17, 15) is 9.59 Å². The number of para-hydroxylation sites is 1. The number of carbonyl (C=O) groups is 2.